The maximum Gasteiger partial charge on any atom is 0.253 e. The number of aryl methyl sites for hydroxylation is 1. The molecule has 2 fully saturated rings. The number of anilines is 1. The molecule has 2 saturated heterocycles. The summed E-state index contributed by atoms with van der Waals surface area (Å²) in [5, 5.41) is 0.676. The Hall–Kier alpha value is -2.01. The first kappa shape index (κ1) is 17.4. The van der Waals surface area contributed by atoms with Gasteiger partial charge in [-0.15, -0.1) is 0 Å². The molecule has 26 heavy (non-hydrogen) atoms. The summed E-state index contributed by atoms with van der Waals surface area (Å²) in [6, 6.07) is 5.76. The standard InChI is InChI=1S/C20H25ClN4O/c1-23-12-8-22-19(23)16-5-4-11-25(14-16)20(26)15-6-7-18(17(21)13-15)24-9-2-3-10-24/h6-8,12-13,16H,2-5,9-11,14H2,1H3/t16-/m1/s1. The van der Waals surface area contributed by atoms with E-state index in [4.69, 9.17) is 11.6 Å². The number of carbonyl (C=O) groups excluding carboxylic acids is 1. The third-order valence-electron chi connectivity index (χ3n) is 5.57. The lowest BCUT2D eigenvalue weighted by molar-refractivity contribution is 0.0703. The summed E-state index contributed by atoms with van der Waals surface area (Å²) < 4.78 is 2.06. The van der Waals surface area contributed by atoms with E-state index in [1.807, 2.05) is 42.5 Å². The zero-order chi connectivity index (χ0) is 18.1. The van der Waals surface area contributed by atoms with E-state index in [1.165, 1.54) is 12.8 Å². The second-order valence-corrected chi connectivity index (χ2v) is 7.75. The van der Waals surface area contributed by atoms with Gasteiger partial charge < -0.3 is 14.4 Å². The molecule has 2 aromatic rings. The molecule has 1 amide bonds. The van der Waals surface area contributed by atoms with Gasteiger partial charge in [0.05, 0.1) is 10.7 Å². The third kappa shape index (κ3) is 3.32. The minimum Gasteiger partial charge on any atom is -0.370 e. The normalized spacial score (nSPS) is 20.6. The van der Waals surface area contributed by atoms with Gasteiger partial charge in [0.2, 0.25) is 0 Å². The highest BCUT2D eigenvalue weighted by Crippen LogP contribution is 2.31. The van der Waals surface area contributed by atoms with Gasteiger partial charge in [-0.05, 0) is 43.9 Å². The van der Waals surface area contributed by atoms with Crippen LogP contribution in [0.1, 0.15) is 47.8 Å². The molecule has 5 nitrogen and oxygen atoms in total. The van der Waals surface area contributed by atoms with E-state index in [9.17, 15) is 4.79 Å². The summed E-state index contributed by atoms with van der Waals surface area (Å²) in [6.07, 6.45) is 8.28. The second kappa shape index (κ2) is 7.31. The summed E-state index contributed by atoms with van der Waals surface area (Å²) in [5.74, 6) is 1.43. The molecule has 0 unspecified atom stereocenters. The van der Waals surface area contributed by atoms with Gasteiger partial charge in [-0.2, -0.15) is 0 Å². The first-order valence-electron chi connectivity index (χ1n) is 9.44. The van der Waals surface area contributed by atoms with Crippen LogP contribution in [0.2, 0.25) is 5.02 Å². The van der Waals surface area contributed by atoms with Gasteiger partial charge in [0.15, 0.2) is 0 Å². The number of hydrogen-bond acceptors (Lipinski definition) is 3. The molecule has 0 spiro atoms. The van der Waals surface area contributed by atoms with Crippen LogP contribution in [0.3, 0.4) is 0 Å². The number of hydrogen-bond donors (Lipinski definition) is 0. The highest BCUT2D eigenvalue weighted by molar-refractivity contribution is 6.33. The van der Waals surface area contributed by atoms with Crippen molar-refractivity contribution >= 4 is 23.2 Å². The summed E-state index contributed by atoms with van der Waals surface area (Å²) >= 11 is 6.50. The molecule has 0 N–H and O–H groups in total. The zero-order valence-corrected chi connectivity index (χ0v) is 16.0. The lowest BCUT2D eigenvalue weighted by atomic mass is 9.96. The van der Waals surface area contributed by atoms with Gasteiger partial charge in [0.1, 0.15) is 5.82 Å². The van der Waals surface area contributed by atoms with Gasteiger partial charge in [-0.3, -0.25) is 4.79 Å². The van der Waals surface area contributed by atoms with Crippen molar-refractivity contribution in [2.75, 3.05) is 31.1 Å². The Morgan fingerprint density at radius 1 is 1.19 bits per heavy atom. The first-order chi connectivity index (χ1) is 12.6. The molecule has 0 saturated carbocycles. The Balaban J connectivity index is 1.50. The molecule has 0 bridgehead atoms. The van der Waals surface area contributed by atoms with Gasteiger partial charge in [0, 0.05) is 57.1 Å². The highest BCUT2D eigenvalue weighted by Gasteiger charge is 2.28. The average molecular weight is 373 g/mol. The predicted molar refractivity (Wildman–Crippen MR) is 104 cm³/mol. The Kier molecular flexibility index (Phi) is 4.90. The minimum atomic E-state index is 0.0683. The minimum absolute atomic E-state index is 0.0683. The topological polar surface area (TPSA) is 41.4 Å². The van der Waals surface area contributed by atoms with Crippen molar-refractivity contribution in [1.29, 1.82) is 0 Å². The zero-order valence-electron chi connectivity index (χ0n) is 15.2. The summed E-state index contributed by atoms with van der Waals surface area (Å²) in [6.45, 7) is 3.61. The number of nitrogens with zero attached hydrogens (tertiary/aromatic N) is 4. The van der Waals surface area contributed by atoms with Crippen LogP contribution in [0.15, 0.2) is 30.6 Å². The largest absolute Gasteiger partial charge is 0.370 e. The second-order valence-electron chi connectivity index (χ2n) is 7.35. The maximum absolute atomic E-state index is 13.0. The number of piperidine rings is 1. The van der Waals surface area contributed by atoms with Crippen molar-refractivity contribution in [3.05, 3.63) is 47.0 Å². The Labute approximate surface area is 159 Å². The van der Waals surface area contributed by atoms with Crippen LogP contribution in [0.25, 0.3) is 0 Å². The fourth-order valence-electron chi connectivity index (χ4n) is 4.18. The smallest absolute Gasteiger partial charge is 0.253 e. The molecule has 2 aliphatic heterocycles. The molecule has 4 rings (SSSR count). The number of aromatic nitrogens is 2. The van der Waals surface area contributed by atoms with E-state index in [1.54, 1.807) is 0 Å². The molecule has 6 heteroatoms. The molecular weight excluding hydrogens is 348 g/mol. The van der Waals surface area contributed by atoms with Gasteiger partial charge in [-0.1, -0.05) is 11.6 Å². The summed E-state index contributed by atoms with van der Waals surface area (Å²) in [5.41, 5.74) is 1.73. The molecule has 2 aliphatic rings. The fraction of sp³-hybridized carbons (Fsp3) is 0.500. The van der Waals surface area contributed by atoms with Crippen LogP contribution >= 0.6 is 11.6 Å². The van der Waals surface area contributed by atoms with Crippen molar-refractivity contribution in [2.24, 2.45) is 7.05 Å². The van der Waals surface area contributed by atoms with Crippen molar-refractivity contribution in [1.82, 2.24) is 14.5 Å². The summed E-state index contributed by atoms with van der Waals surface area (Å²) in [4.78, 5) is 21.7. The van der Waals surface area contributed by atoms with E-state index >= 15 is 0 Å². The molecule has 138 valence electrons. The van der Waals surface area contributed by atoms with Crippen molar-refractivity contribution in [3.63, 3.8) is 0 Å². The van der Waals surface area contributed by atoms with E-state index in [2.05, 4.69) is 14.5 Å². The van der Waals surface area contributed by atoms with Crippen molar-refractivity contribution < 1.29 is 4.79 Å². The quantitative estimate of drug-likeness (QED) is 0.825. The van der Waals surface area contributed by atoms with E-state index < -0.39 is 0 Å². The highest BCUT2D eigenvalue weighted by atomic mass is 35.5. The van der Waals surface area contributed by atoms with Crippen LogP contribution in [0.5, 0.6) is 0 Å². The molecule has 0 aliphatic carbocycles. The number of halogens is 1. The number of carbonyl (C=O) groups is 1. The maximum atomic E-state index is 13.0. The van der Waals surface area contributed by atoms with Gasteiger partial charge in [-0.25, -0.2) is 4.98 Å². The molecule has 1 atom stereocenters. The van der Waals surface area contributed by atoms with Crippen LogP contribution in [0, 0.1) is 0 Å². The first-order valence-corrected chi connectivity index (χ1v) is 9.82. The Bertz CT molecular complexity index is 797. The molecule has 1 aromatic carbocycles. The van der Waals surface area contributed by atoms with E-state index in [0.717, 1.165) is 50.5 Å². The number of imidazole rings is 1. The molecular formula is C20H25ClN4O. The lowest BCUT2D eigenvalue weighted by Crippen LogP contribution is -2.39. The van der Waals surface area contributed by atoms with Crippen LogP contribution in [-0.4, -0.2) is 46.5 Å². The molecule has 0 radical (unpaired) electrons. The Morgan fingerprint density at radius 2 is 2.00 bits per heavy atom. The number of amides is 1. The number of rotatable bonds is 3. The SMILES string of the molecule is Cn1ccnc1[C@@H]1CCCN(C(=O)c2ccc(N3CCCC3)c(Cl)c2)C1. The number of benzene rings is 1. The van der Waals surface area contributed by atoms with Crippen molar-refractivity contribution in [3.8, 4) is 0 Å². The van der Waals surface area contributed by atoms with Gasteiger partial charge in [0.25, 0.3) is 5.91 Å². The van der Waals surface area contributed by atoms with Crippen LogP contribution in [-0.2, 0) is 7.05 Å². The van der Waals surface area contributed by atoms with Gasteiger partial charge >= 0.3 is 0 Å². The van der Waals surface area contributed by atoms with E-state index in [-0.39, 0.29) is 5.91 Å². The molecule has 3 heterocycles. The van der Waals surface area contributed by atoms with Crippen LogP contribution in [0.4, 0.5) is 5.69 Å². The van der Waals surface area contributed by atoms with E-state index in [0.29, 0.717) is 16.5 Å². The van der Waals surface area contributed by atoms with Crippen molar-refractivity contribution in [2.45, 2.75) is 31.6 Å². The Morgan fingerprint density at radius 3 is 2.69 bits per heavy atom. The third-order valence-corrected chi connectivity index (χ3v) is 5.88. The van der Waals surface area contributed by atoms with Crippen LogP contribution < -0.4 is 4.90 Å². The molecule has 1 aromatic heterocycles. The average Bonchev–Trinajstić information content (AvgIpc) is 3.33. The number of likely N-dealkylation sites (tertiary alicyclic amines) is 1. The lowest BCUT2D eigenvalue weighted by Gasteiger charge is -2.32. The summed E-state index contributed by atoms with van der Waals surface area (Å²) in [7, 11) is 2.01. The predicted octanol–water partition coefficient (Wildman–Crippen LogP) is 3.69. The fourth-order valence-corrected chi connectivity index (χ4v) is 4.48. The monoisotopic (exact) mass is 372 g/mol.